The van der Waals surface area contributed by atoms with Gasteiger partial charge in [0.25, 0.3) is 0 Å². The van der Waals surface area contributed by atoms with E-state index in [1.807, 2.05) is 0 Å². The van der Waals surface area contributed by atoms with Crippen LogP contribution in [0.5, 0.6) is 0 Å². The molecular weight excluding hydrogens is 188 g/mol. The monoisotopic (exact) mass is 204 g/mol. The molecule has 1 atom stereocenters. The number of aliphatic hydroxyl groups excluding tert-OH is 1. The van der Waals surface area contributed by atoms with Gasteiger partial charge in [0.2, 0.25) is 11.8 Å². The lowest BCUT2D eigenvalue weighted by Crippen LogP contribution is -2.30. The summed E-state index contributed by atoms with van der Waals surface area (Å²) in [7, 11) is 0. The molecular formula is C8H16N2O4. The molecule has 0 heterocycles. The fourth-order valence-electron chi connectivity index (χ4n) is 0.799. The molecule has 5 N–H and O–H groups in total. The van der Waals surface area contributed by atoms with E-state index in [4.69, 9.17) is 21.3 Å². The van der Waals surface area contributed by atoms with Crippen molar-refractivity contribution in [1.82, 2.24) is 0 Å². The highest BCUT2D eigenvalue weighted by Gasteiger charge is 2.13. The molecule has 6 nitrogen and oxygen atoms in total. The minimum Gasteiger partial charge on any atom is -0.395 e. The molecule has 0 bridgehead atoms. The van der Waals surface area contributed by atoms with Gasteiger partial charge in [-0.15, -0.1) is 0 Å². The molecule has 6 heteroatoms. The van der Waals surface area contributed by atoms with Crippen LogP contribution in [0.1, 0.15) is 12.8 Å². The van der Waals surface area contributed by atoms with Crippen molar-refractivity contribution in [2.45, 2.75) is 12.8 Å². The Labute approximate surface area is 82.2 Å². The van der Waals surface area contributed by atoms with Gasteiger partial charge in [0.05, 0.1) is 19.1 Å². The summed E-state index contributed by atoms with van der Waals surface area (Å²) >= 11 is 0. The summed E-state index contributed by atoms with van der Waals surface area (Å²) in [5.41, 5.74) is 9.86. The van der Waals surface area contributed by atoms with Crippen LogP contribution in [0.25, 0.3) is 0 Å². The van der Waals surface area contributed by atoms with E-state index in [2.05, 4.69) is 0 Å². The number of rotatable bonds is 8. The second kappa shape index (κ2) is 7.28. The number of amides is 2. The van der Waals surface area contributed by atoms with Gasteiger partial charge in [-0.05, 0) is 6.42 Å². The summed E-state index contributed by atoms with van der Waals surface area (Å²) in [6, 6.07) is 0. The lowest BCUT2D eigenvalue weighted by Gasteiger charge is -2.09. The van der Waals surface area contributed by atoms with Crippen LogP contribution in [0.2, 0.25) is 0 Å². The fourth-order valence-corrected chi connectivity index (χ4v) is 0.799. The topological polar surface area (TPSA) is 116 Å². The minimum absolute atomic E-state index is 0.0740. The Hall–Kier alpha value is -1.14. The van der Waals surface area contributed by atoms with E-state index < -0.39 is 11.8 Å². The number of hydrogen-bond donors (Lipinski definition) is 3. The maximum atomic E-state index is 10.6. The minimum atomic E-state index is -0.677. The molecule has 0 fully saturated rings. The Morgan fingerprint density at radius 2 is 2.00 bits per heavy atom. The van der Waals surface area contributed by atoms with Gasteiger partial charge in [0.15, 0.2) is 0 Å². The smallest absolute Gasteiger partial charge is 0.225 e. The Balaban J connectivity index is 3.42. The summed E-state index contributed by atoms with van der Waals surface area (Å²) in [5, 5.41) is 8.69. The summed E-state index contributed by atoms with van der Waals surface area (Å²) in [5.74, 6) is -1.66. The molecule has 0 spiro atoms. The zero-order chi connectivity index (χ0) is 11.0. The molecule has 0 saturated heterocycles. The van der Waals surface area contributed by atoms with Crippen molar-refractivity contribution in [3.63, 3.8) is 0 Å². The predicted octanol–water partition coefficient (Wildman–Crippen LogP) is -1.64. The third-order valence-electron chi connectivity index (χ3n) is 1.65. The Bertz CT molecular complexity index is 196. The van der Waals surface area contributed by atoms with Gasteiger partial charge >= 0.3 is 0 Å². The lowest BCUT2D eigenvalue weighted by atomic mass is 10.2. The average Bonchev–Trinajstić information content (AvgIpc) is 2.10. The number of nitrogens with two attached hydrogens (primary N) is 2. The van der Waals surface area contributed by atoms with Crippen LogP contribution in [0.3, 0.4) is 0 Å². The number of carbonyl (C=O) groups is 2. The van der Waals surface area contributed by atoms with Crippen molar-refractivity contribution in [2.24, 2.45) is 17.4 Å². The molecule has 0 aliphatic rings. The molecule has 0 aromatic carbocycles. The highest BCUT2D eigenvalue weighted by molar-refractivity contribution is 5.76. The van der Waals surface area contributed by atoms with E-state index >= 15 is 0 Å². The number of hydrogen-bond acceptors (Lipinski definition) is 4. The van der Waals surface area contributed by atoms with E-state index in [1.165, 1.54) is 0 Å². The number of primary amides is 2. The SMILES string of the molecule is NC(=O)CCCOCC(CO)C(N)=O. The molecule has 0 radical (unpaired) electrons. The van der Waals surface area contributed by atoms with E-state index in [1.54, 1.807) is 0 Å². The van der Waals surface area contributed by atoms with Crippen molar-refractivity contribution >= 4 is 11.8 Å². The van der Waals surface area contributed by atoms with Gasteiger partial charge in [0, 0.05) is 13.0 Å². The first-order valence-electron chi connectivity index (χ1n) is 4.34. The molecule has 0 aliphatic heterocycles. The summed E-state index contributed by atoms with van der Waals surface area (Å²) in [6.45, 7) is 0.0719. The zero-order valence-electron chi connectivity index (χ0n) is 7.94. The highest BCUT2D eigenvalue weighted by atomic mass is 16.5. The van der Waals surface area contributed by atoms with Crippen LogP contribution in [0.4, 0.5) is 0 Å². The van der Waals surface area contributed by atoms with E-state index in [0.717, 1.165) is 0 Å². The van der Waals surface area contributed by atoms with Crippen LogP contribution in [0, 0.1) is 5.92 Å². The lowest BCUT2D eigenvalue weighted by molar-refractivity contribution is -0.125. The number of carbonyl (C=O) groups excluding carboxylic acids is 2. The first-order chi connectivity index (χ1) is 6.57. The third-order valence-corrected chi connectivity index (χ3v) is 1.65. The third kappa shape index (κ3) is 6.38. The van der Waals surface area contributed by atoms with Crippen LogP contribution in [0.15, 0.2) is 0 Å². The summed E-state index contributed by atoms with van der Waals surface area (Å²) in [6.07, 6.45) is 0.757. The fraction of sp³-hybridized carbons (Fsp3) is 0.750. The molecule has 0 rings (SSSR count). The largest absolute Gasteiger partial charge is 0.395 e. The molecule has 0 aromatic rings. The molecule has 0 saturated carbocycles. The molecule has 82 valence electrons. The van der Waals surface area contributed by atoms with Crippen LogP contribution >= 0.6 is 0 Å². The highest BCUT2D eigenvalue weighted by Crippen LogP contribution is 1.96. The molecule has 1 unspecified atom stereocenters. The first-order valence-corrected chi connectivity index (χ1v) is 4.34. The van der Waals surface area contributed by atoms with Gasteiger partial charge in [-0.2, -0.15) is 0 Å². The normalized spacial score (nSPS) is 12.4. The predicted molar refractivity (Wildman–Crippen MR) is 49.0 cm³/mol. The maximum Gasteiger partial charge on any atom is 0.225 e. The standard InChI is InChI=1S/C8H16N2O4/c9-7(12)2-1-3-14-5-6(4-11)8(10)13/h6,11H,1-5H2,(H2,9,12)(H2,10,13). The Morgan fingerprint density at radius 3 is 2.43 bits per heavy atom. The van der Waals surface area contributed by atoms with Crippen molar-refractivity contribution in [1.29, 1.82) is 0 Å². The molecule has 2 amide bonds. The van der Waals surface area contributed by atoms with Crippen LogP contribution in [-0.4, -0.2) is 36.7 Å². The molecule has 14 heavy (non-hydrogen) atoms. The first kappa shape index (κ1) is 12.9. The second-order valence-corrected chi connectivity index (χ2v) is 2.93. The molecule has 0 aliphatic carbocycles. The van der Waals surface area contributed by atoms with Crippen molar-refractivity contribution in [2.75, 3.05) is 19.8 Å². The second-order valence-electron chi connectivity index (χ2n) is 2.93. The number of ether oxygens (including phenoxy) is 1. The van der Waals surface area contributed by atoms with Crippen molar-refractivity contribution in [3.05, 3.63) is 0 Å². The van der Waals surface area contributed by atoms with E-state index in [0.29, 0.717) is 13.0 Å². The quantitative estimate of drug-likeness (QED) is 0.411. The molecule has 0 aromatic heterocycles. The zero-order valence-corrected chi connectivity index (χ0v) is 7.94. The summed E-state index contributed by atoms with van der Waals surface area (Å²) < 4.78 is 5.03. The maximum absolute atomic E-state index is 10.6. The number of aliphatic hydroxyl groups is 1. The van der Waals surface area contributed by atoms with E-state index in [9.17, 15) is 9.59 Å². The van der Waals surface area contributed by atoms with E-state index in [-0.39, 0.29) is 25.5 Å². The Morgan fingerprint density at radius 1 is 1.36 bits per heavy atom. The average molecular weight is 204 g/mol. The van der Waals surface area contributed by atoms with Crippen LogP contribution in [-0.2, 0) is 14.3 Å². The van der Waals surface area contributed by atoms with Crippen molar-refractivity contribution < 1.29 is 19.4 Å². The Kier molecular flexibility index (Phi) is 6.69. The van der Waals surface area contributed by atoms with Gasteiger partial charge in [-0.25, -0.2) is 0 Å². The van der Waals surface area contributed by atoms with Crippen LogP contribution < -0.4 is 11.5 Å². The summed E-state index contributed by atoms with van der Waals surface area (Å²) in [4.78, 5) is 20.9. The van der Waals surface area contributed by atoms with Gasteiger partial charge in [0.1, 0.15) is 0 Å². The van der Waals surface area contributed by atoms with Gasteiger partial charge in [-0.1, -0.05) is 0 Å². The van der Waals surface area contributed by atoms with Gasteiger partial charge in [-0.3, -0.25) is 9.59 Å². The van der Waals surface area contributed by atoms with Gasteiger partial charge < -0.3 is 21.3 Å². The van der Waals surface area contributed by atoms with Crippen molar-refractivity contribution in [3.8, 4) is 0 Å².